The third-order valence-electron chi connectivity index (χ3n) is 4.80. The van der Waals surface area contributed by atoms with Crippen molar-refractivity contribution >= 4 is 42.9 Å². The molecule has 1 aliphatic rings. The van der Waals surface area contributed by atoms with Gasteiger partial charge >= 0.3 is 27.4 Å². The van der Waals surface area contributed by atoms with Crippen molar-refractivity contribution < 1.29 is 14.5 Å². The highest BCUT2D eigenvalue weighted by molar-refractivity contribution is 6.97. The first-order valence-corrected chi connectivity index (χ1v) is 13.8. The Kier molecular flexibility index (Phi) is 7.04. The van der Waals surface area contributed by atoms with Crippen LogP contribution in [0.15, 0.2) is 91.0 Å². The van der Waals surface area contributed by atoms with Crippen molar-refractivity contribution in [3.05, 3.63) is 91.0 Å². The lowest BCUT2D eigenvalue weighted by molar-refractivity contribution is -0.0903. The number of hydrogen-bond donors (Lipinski definition) is 0. The van der Waals surface area contributed by atoms with E-state index in [1.165, 1.54) is 15.6 Å². The fraction of sp³-hybridized carbons (Fsp3) is 0.143. The molecule has 0 atom stereocenters. The van der Waals surface area contributed by atoms with E-state index in [4.69, 9.17) is 14.5 Å². The Morgan fingerprint density at radius 3 is 0.867 bits per heavy atom. The third kappa shape index (κ3) is 3.99. The fourth-order valence-corrected chi connectivity index (χ4v) is 15.2. The van der Waals surface area contributed by atoms with Gasteiger partial charge in [-0.15, -0.1) is 0 Å². The van der Waals surface area contributed by atoms with E-state index in [1.54, 1.807) is 21.3 Å². The van der Waals surface area contributed by atoms with E-state index < -0.39 is 27.4 Å². The van der Waals surface area contributed by atoms with Crippen LogP contribution in [0, 0.1) is 0 Å². The molecule has 6 nitrogen and oxygen atoms in total. The molecule has 1 heterocycles. The van der Waals surface area contributed by atoms with Crippen molar-refractivity contribution in [1.82, 2.24) is 13.2 Å². The molecule has 30 heavy (non-hydrogen) atoms. The van der Waals surface area contributed by atoms with Crippen LogP contribution in [0.4, 0.5) is 0 Å². The predicted molar refractivity (Wildman–Crippen MR) is 122 cm³/mol. The van der Waals surface area contributed by atoms with Crippen LogP contribution in [-0.4, -0.2) is 61.9 Å². The second-order valence-electron chi connectivity index (χ2n) is 6.50. The van der Waals surface area contributed by atoms with E-state index in [0.717, 1.165) is 0 Å². The Morgan fingerprint density at radius 2 is 0.667 bits per heavy atom. The molecular weight excluding hydrogens is 427 g/mol. The van der Waals surface area contributed by atoms with E-state index in [1.807, 2.05) is 18.2 Å². The van der Waals surface area contributed by atoms with Gasteiger partial charge in [-0.2, -0.15) is 13.2 Å². The maximum absolute atomic E-state index is 6.07. The molecule has 0 saturated carbocycles. The molecule has 0 aromatic heterocycles. The molecule has 3 aromatic rings. The smallest absolute Gasteiger partial charge is 0.305 e. The standard InChI is InChI=1S/C21H24N3O3Si3/c1-25-22-28(19-13-7-4-8-14-19)23(26-2)30(21-17-11-6-12-18-21)24(27-3)29(22)20-15-9-5-10-16-20/h4-18H,1-3H3. The molecule has 3 aromatic carbocycles. The summed E-state index contributed by atoms with van der Waals surface area (Å²) < 4.78 is 6.39. The van der Waals surface area contributed by atoms with Crippen LogP contribution in [0.5, 0.6) is 0 Å². The summed E-state index contributed by atoms with van der Waals surface area (Å²) >= 11 is 0. The summed E-state index contributed by atoms with van der Waals surface area (Å²) in [6.45, 7) is 0. The van der Waals surface area contributed by atoms with Gasteiger partial charge in [0.05, 0.1) is 21.3 Å². The zero-order valence-electron chi connectivity index (χ0n) is 17.2. The normalized spacial score (nSPS) is 18.1. The van der Waals surface area contributed by atoms with E-state index in [2.05, 4.69) is 86.0 Å². The monoisotopic (exact) mass is 450 g/mol. The molecule has 9 heteroatoms. The number of rotatable bonds is 6. The highest BCUT2D eigenvalue weighted by atomic mass is 28.4. The lowest BCUT2D eigenvalue weighted by Gasteiger charge is -2.51. The van der Waals surface area contributed by atoms with E-state index >= 15 is 0 Å². The van der Waals surface area contributed by atoms with Gasteiger partial charge < -0.3 is 14.5 Å². The van der Waals surface area contributed by atoms with Crippen LogP contribution in [0.1, 0.15) is 0 Å². The topological polar surface area (TPSA) is 37.4 Å². The molecule has 3 radical (unpaired) electrons. The third-order valence-corrected chi connectivity index (χ3v) is 14.6. The zero-order chi connectivity index (χ0) is 20.9. The quantitative estimate of drug-likeness (QED) is 0.517. The second kappa shape index (κ2) is 9.92. The van der Waals surface area contributed by atoms with Crippen molar-refractivity contribution in [2.75, 3.05) is 21.3 Å². The van der Waals surface area contributed by atoms with Crippen molar-refractivity contribution in [3.8, 4) is 0 Å². The van der Waals surface area contributed by atoms with Gasteiger partial charge in [0.15, 0.2) is 0 Å². The minimum atomic E-state index is -1.55. The maximum atomic E-state index is 6.07. The second-order valence-corrected chi connectivity index (χ2v) is 14.0. The summed E-state index contributed by atoms with van der Waals surface area (Å²) in [6, 6.07) is 31.5. The number of benzene rings is 3. The van der Waals surface area contributed by atoms with E-state index in [9.17, 15) is 0 Å². The zero-order valence-corrected chi connectivity index (χ0v) is 20.2. The van der Waals surface area contributed by atoms with Gasteiger partial charge in [0.2, 0.25) is 0 Å². The Hall–Kier alpha value is -1.93. The molecule has 1 fully saturated rings. The first kappa shape index (κ1) is 21.3. The summed E-state index contributed by atoms with van der Waals surface area (Å²) in [5.41, 5.74) is 0. The lowest BCUT2D eigenvalue weighted by Crippen LogP contribution is -2.84. The molecule has 4 rings (SSSR count). The van der Waals surface area contributed by atoms with Crippen molar-refractivity contribution in [2.45, 2.75) is 0 Å². The lowest BCUT2D eigenvalue weighted by atomic mass is 10.4. The van der Waals surface area contributed by atoms with Crippen LogP contribution in [-0.2, 0) is 14.5 Å². The summed E-state index contributed by atoms with van der Waals surface area (Å²) in [5, 5.41) is 3.62. The summed E-state index contributed by atoms with van der Waals surface area (Å²) in [5.74, 6) is 0. The maximum Gasteiger partial charge on any atom is 0.305 e. The van der Waals surface area contributed by atoms with Crippen molar-refractivity contribution in [2.24, 2.45) is 0 Å². The molecule has 0 N–H and O–H groups in total. The van der Waals surface area contributed by atoms with Gasteiger partial charge in [-0.3, -0.25) is 0 Å². The minimum Gasteiger partial charge on any atom is -0.313 e. The summed E-state index contributed by atoms with van der Waals surface area (Å²) in [6.07, 6.45) is 0. The highest BCUT2D eigenvalue weighted by Crippen LogP contribution is 2.21. The van der Waals surface area contributed by atoms with Crippen molar-refractivity contribution in [3.63, 3.8) is 0 Å². The van der Waals surface area contributed by atoms with Crippen molar-refractivity contribution in [1.29, 1.82) is 0 Å². The summed E-state index contributed by atoms with van der Waals surface area (Å²) in [7, 11) is 0.580. The minimum absolute atomic E-state index is 1.21. The fourth-order valence-electron chi connectivity index (χ4n) is 3.53. The molecule has 153 valence electrons. The number of hydrogen-bond acceptors (Lipinski definition) is 6. The highest BCUT2D eigenvalue weighted by Gasteiger charge is 2.55. The average molecular weight is 451 g/mol. The summed E-state index contributed by atoms with van der Waals surface area (Å²) in [4.78, 5) is 18.2. The van der Waals surface area contributed by atoms with Gasteiger partial charge in [0.1, 0.15) is 0 Å². The molecule has 0 bridgehead atoms. The van der Waals surface area contributed by atoms with E-state index in [-0.39, 0.29) is 0 Å². The van der Waals surface area contributed by atoms with Gasteiger partial charge in [-0.05, 0) is 15.6 Å². The Balaban J connectivity index is 1.91. The predicted octanol–water partition coefficient (Wildman–Crippen LogP) is 0.776. The van der Waals surface area contributed by atoms with Gasteiger partial charge in [-0.25, -0.2) is 0 Å². The number of nitrogens with zero attached hydrogens (tertiary/aromatic N) is 3. The van der Waals surface area contributed by atoms with Crippen LogP contribution < -0.4 is 15.6 Å². The molecule has 1 saturated heterocycles. The first-order valence-electron chi connectivity index (χ1n) is 9.60. The SMILES string of the molecule is CON1[Si](c2ccccc2)N(OC)[Si](c2ccccc2)N(OC)[Si]1c1ccccc1. The molecule has 0 spiro atoms. The molecule has 0 amide bonds. The van der Waals surface area contributed by atoms with Crippen LogP contribution in [0.3, 0.4) is 0 Å². The molecule has 0 aliphatic carbocycles. The molecule has 0 unspecified atom stereocenters. The van der Waals surface area contributed by atoms with E-state index in [0.29, 0.717) is 0 Å². The van der Waals surface area contributed by atoms with Crippen LogP contribution >= 0.6 is 0 Å². The largest absolute Gasteiger partial charge is 0.313 e. The van der Waals surface area contributed by atoms with Gasteiger partial charge in [0, 0.05) is 0 Å². The molecule has 1 aliphatic heterocycles. The van der Waals surface area contributed by atoms with Crippen LogP contribution in [0.25, 0.3) is 0 Å². The first-order chi connectivity index (χ1) is 14.8. The van der Waals surface area contributed by atoms with Gasteiger partial charge in [-0.1, -0.05) is 91.0 Å². The molecular formula is C21H24N3O3Si3. The Morgan fingerprint density at radius 1 is 0.433 bits per heavy atom. The Labute approximate surface area is 183 Å². The van der Waals surface area contributed by atoms with Crippen LogP contribution in [0.2, 0.25) is 0 Å². The average Bonchev–Trinajstić information content (AvgIpc) is 2.83. The van der Waals surface area contributed by atoms with Gasteiger partial charge in [0.25, 0.3) is 0 Å². The Bertz CT molecular complexity index is 789.